The van der Waals surface area contributed by atoms with Gasteiger partial charge in [0.05, 0.1) is 0 Å². The summed E-state index contributed by atoms with van der Waals surface area (Å²) in [5.41, 5.74) is -6.17. The molecule has 0 amide bonds. The van der Waals surface area contributed by atoms with Gasteiger partial charge in [0.1, 0.15) is 41.0 Å². The zero-order chi connectivity index (χ0) is 57.9. The van der Waals surface area contributed by atoms with Crippen LogP contribution in [0.2, 0.25) is 118 Å². The van der Waals surface area contributed by atoms with Crippen molar-refractivity contribution < 1.29 is 65.9 Å². The van der Waals surface area contributed by atoms with Crippen LogP contribution in [0, 0.1) is 87.3 Å². The summed E-state index contributed by atoms with van der Waals surface area (Å²) in [6.45, 7) is 41.3. The SMILES string of the molecule is C[Si](C)(C)C(c1cc(C([Si](C)(C)C)[Si](C)(C)C)c([Si](Cl)c2ccc([B-](c3c(F)c(F)c(F)c(F)c3F)(c3c(F)c(F)c(F)c(F)c3F)c3c(F)c(F)c(F)c(F)c3F)cc2)c(C([Si](C)(C)C)[Si](C)(C)C)c1)[Si](C)(C)C. The molecule has 0 nitrogen and oxygen atoms in total. The summed E-state index contributed by atoms with van der Waals surface area (Å²) in [6, 6.07) is 7.89. The molecule has 0 aliphatic rings. The third kappa shape index (κ3) is 11.0. The summed E-state index contributed by atoms with van der Waals surface area (Å²) in [6.07, 6.45) is -5.96. The highest BCUT2D eigenvalue weighted by atomic mass is 35.6. The van der Waals surface area contributed by atoms with Crippen molar-refractivity contribution in [2.75, 3.05) is 0 Å². The molecule has 0 unspecified atom stereocenters. The lowest BCUT2D eigenvalue weighted by atomic mass is 9.12. The third-order valence-electron chi connectivity index (χ3n) is 14.3. The van der Waals surface area contributed by atoms with Gasteiger partial charge >= 0.3 is 0 Å². The van der Waals surface area contributed by atoms with Crippen molar-refractivity contribution in [3.8, 4) is 0 Å². The second kappa shape index (κ2) is 20.9. The van der Waals surface area contributed by atoms with Crippen LogP contribution in [-0.2, 0) is 0 Å². The highest BCUT2D eigenvalue weighted by Gasteiger charge is 2.51. The maximum Gasteiger partial charge on any atom is 0.234 e. The van der Waals surface area contributed by atoms with E-state index in [2.05, 4.69) is 130 Å². The van der Waals surface area contributed by atoms with Gasteiger partial charge in [0, 0.05) is 48.4 Å². The molecule has 0 spiro atoms. The minimum absolute atomic E-state index is 0.0261. The lowest BCUT2D eigenvalue weighted by Gasteiger charge is -2.46. The Hall–Kier alpha value is -3.08. The Morgan fingerprint density at radius 1 is 0.333 bits per heavy atom. The number of hydrogen-bond donors (Lipinski definition) is 0. The summed E-state index contributed by atoms with van der Waals surface area (Å²) < 4.78 is 237. The third-order valence-corrected chi connectivity index (χ3v) is 45.3. The van der Waals surface area contributed by atoms with Crippen molar-refractivity contribution in [3.63, 3.8) is 0 Å². The van der Waals surface area contributed by atoms with E-state index in [1.807, 2.05) is 0 Å². The van der Waals surface area contributed by atoms with Gasteiger partial charge in [0.25, 0.3) is 0 Å². The summed E-state index contributed by atoms with van der Waals surface area (Å²) >= 11 is 7.99. The van der Waals surface area contributed by atoms with E-state index in [1.54, 1.807) is 0 Å². The van der Waals surface area contributed by atoms with Gasteiger partial charge < -0.3 is 0 Å². The lowest BCUT2D eigenvalue weighted by Crippen LogP contribution is -2.79. The topological polar surface area (TPSA) is 0 Å². The Kier molecular flexibility index (Phi) is 17.5. The first-order chi connectivity index (χ1) is 33.7. The van der Waals surface area contributed by atoms with Crippen molar-refractivity contribution in [1.82, 2.24) is 0 Å². The predicted octanol–water partition coefficient (Wildman–Crippen LogP) is 14.0. The first-order valence-corrected chi connectivity index (χ1v) is 48.2. The average Bonchev–Trinajstić information content (AvgIpc) is 3.24. The van der Waals surface area contributed by atoms with Gasteiger partial charge in [-0.2, -0.15) is 16.5 Å². The number of hydrogen-bond acceptors (Lipinski definition) is 0. The van der Waals surface area contributed by atoms with Crippen LogP contribution >= 0.6 is 11.1 Å². The van der Waals surface area contributed by atoms with E-state index in [1.165, 1.54) is 5.56 Å². The molecule has 0 saturated heterocycles. The zero-order valence-electron chi connectivity index (χ0n) is 45.3. The van der Waals surface area contributed by atoms with E-state index in [9.17, 15) is 13.2 Å². The predicted molar refractivity (Wildman–Crippen MR) is 295 cm³/mol. The molecule has 0 bridgehead atoms. The van der Waals surface area contributed by atoms with Crippen LogP contribution in [0.15, 0.2) is 36.4 Å². The molecule has 5 aromatic rings. The Bertz CT molecular complexity index is 2710. The normalized spacial score (nSPS) is 13.7. The van der Waals surface area contributed by atoms with Crippen LogP contribution in [-0.4, -0.2) is 62.7 Å². The number of halogens is 16. The fourth-order valence-electron chi connectivity index (χ4n) is 13.4. The number of benzene rings is 5. The van der Waals surface area contributed by atoms with Gasteiger partial charge in [-0.1, -0.05) is 154 Å². The molecule has 411 valence electrons. The van der Waals surface area contributed by atoms with Gasteiger partial charge in [-0.05, 0) is 42.6 Å². The molecule has 5 rings (SSSR count). The largest absolute Gasteiger partial charge is 0.234 e. The number of rotatable bonds is 15. The molecular weight excluding hydrogens is 1140 g/mol. The standard InChI is InChI=1S/C51H63BClF15Si7/c1-70(2,3)49(71(4,5)6)25-23-28(50(72(7,8)9)73(10,11)12)48(29(24-25)51(74(13,14)15)75(16,17)18)69(53)27-21-19-26(20-22-27)52(30-33(54)39(60)45(66)40(61)34(30)55,31-35(56)41(62)46(67)42(63)36(31)57)32-37(58)43(64)47(68)44(65)38(32)59/h19-24,49-51H,1-18H3/q-1. The van der Waals surface area contributed by atoms with E-state index >= 15 is 52.7 Å². The molecule has 0 aliphatic carbocycles. The molecule has 0 aromatic heterocycles. The fraction of sp³-hybridized carbons (Fsp3) is 0.412. The van der Waals surface area contributed by atoms with Crippen LogP contribution in [0.1, 0.15) is 32.2 Å². The molecule has 0 saturated carbocycles. The van der Waals surface area contributed by atoms with Crippen LogP contribution in [0.3, 0.4) is 0 Å². The van der Waals surface area contributed by atoms with Gasteiger partial charge in [-0.15, -0.1) is 16.4 Å². The van der Waals surface area contributed by atoms with Crippen LogP contribution in [0.4, 0.5) is 65.9 Å². The van der Waals surface area contributed by atoms with E-state index in [0.29, 0.717) is 12.1 Å². The van der Waals surface area contributed by atoms with Crippen molar-refractivity contribution in [3.05, 3.63) is 140 Å². The first-order valence-electron chi connectivity index (χ1n) is 24.3. The second-order valence-electron chi connectivity index (χ2n) is 26.3. The maximum atomic E-state index is 16.6. The molecule has 75 heavy (non-hydrogen) atoms. The minimum Gasteiger partial charge on any atom is -0.207 e. The maximum absolute atomic E-state index is 16.6. The molecule has 0 aliphatic heterocycles. The second-order valence-corrected chi connectivity index (χ2v) is 62.7. The Morgan fingerprint density at radius 3 is 0.760 bits per heavy atom. The highest BCUT2D eigenvalue weighted by molar-refractivity contribution is 7.22. The van der Waals surface area contributed by atoms with Gasteiger partial charge in [-0.25, -0.2) is 65.9 Å². The van der Waals surface area contributed by atoms with Gasteiger partial charge in [-0.3, -0.25) is 0 Å². The monoisotopic (exact) mass is 1200 g/mol. The lowest BCUT2D eigenvalue weighted by molar-refractivity contribution is 0.380. The molecule has 24 heteroatoms. The zero-order valence-corrected chi connectivity index (χ0v) is 53.1. The summed E-state index contributed by atoms with van der Waals surface area (Å²) in [7, 11) is -15.9. The van der Waals surface area contributed by atoms with Crippen molar-refractivity contribution >= 4 is 106 Å². The summed E-state index contributed by atoms with van der Waals surface area (Å²) in [5.74, 6) is -45.5. The molecule has 5 aromatic carbocycles. The van der Waals surface area contributed by atoms with Crippen LogP contribution in [0.5, 0.6) is 0 Å². The molecule has 1 radical (unpaired) electrons. The molecule has 0 heterocycles. The van der Waals surface area contributed by atoms with E-state index in [-0.39, 0.29) is 20.7 Å². The molecular formula is C51H63BClF15Si7-. The van der Waals surface area contributed by atoms with Crippen molar-refractivity contribution in [1.29, 1.82) is 0 Å². The molecule has 0 fully saturated rings. The van der Waals surface area contributed by atoms with Gasteiger partial charge in [0.2, 0.25) is 8.11 Å². The Morgan fingerprint density at radius 2 is 0.547 bits per heavy atom. The first kappa shape index (κ1) is 62.8. The Balaban J connectivity index is 2.15. The highest BCUT2D eigenvalue weighted by Crippen LogP contribution is 2.45. The Labute approximate surface area is 443 Å². The molecule has 0 N–H and O–H groups in total. The quantitative estimate of drug-likeness (QED) is 0.0322. The van der Waals surface area contributed by atoms with E-state index < -0.39 is 172 Å². The summed E-state index contributed by atoms with van der Waals surface area (Å²) in [4.78, 5) is 0. The van der Waals surface area contributed by atoms with Crippen molar-refractivity contribution in [2.24, 2.45) is 0 Å². The van der Waals surface area contributed by atoms with Crippen LogP contribution in [0.25, 0.3) is 0 Å². The smallest absolute Gasteiger partial charge is 0.207 e. The van der Waals surface area contributed by atoms with E-state index in [0.717, 1.165) is 28.4 Å². The minimum atomic E-state index is -5.96. The van der Waals surface area contributed by atoms with Crippen LogP contribution < -0.4 is 32.2 Å². The average molecular weight is 1200 g/mol. The van der Waals surface area contributed by atoms with Gasteiger partial charge in [0.15, 0.2) is 52.4 Å². The fourth-order valence-corrected chi connectivity index (χ4v) is 54.8. The molecule has 0 atom stereocenters. The van der Waals surface area contributed by atoms with Crippen molar-refractivity contribution in [2.45, 2.75) is 133 Å². The van der Waals surface area contributed by atoms with E-state index in [4.69, 9.17) is 11.1 Å². The summed E-state index contributed by atoms with van der Waals surface area (Å²) in [5, 5.41) is 1.26.